The lowest BCUT2D eigenvalue weighted by Crippen LogP contribution is -2.60. The molecule has 1 aliphatic heterocycles. The number of carbonyl (C=O) groups is 4. The van der Waals surface area contributed by atoms with Gasteiger partial charge in [0.05, 0.1) is 6.07 Å². The van der Waals surface area contributed by atoms with Crippen LogP contribution in [0.3, 0.4) is 0 Å². The first kappa shape index (κ1) is 29.6. The van der Waals surface area contributed by atoms with Crippen molar-refractivity contribution in [2.75, 3.05) is 0 Å². The lowest BCUT2D eigenvalue weighted by Gasteiger charge is -2.32. The lowest BCUT2D eigenvalue weighted by atomic mass is 9.85. The zero-order valence-electron chi connectivity index (χ0n) is 21.3. The molecule has 1 saturated heterocycles. The van der Waals surface area contributed by atoms with E-state index in [2.05, 4.69) is 16.0 Å². The molecule has 2 saturated carbocycles. The maximum Gasteiger partial charge on any atom is 0.471 e. The first-order valence-electron chi connectivity index (χ1n) is 12.4. The van der Waals surface area contributed by atoms with Crippen molar-refractivity contribution >= 4 is 23.6 Å². The third-order valence-corrected chi connectivity index (χ3v) is 7.35. The molecule has 1 unspecified atom stereocenters. The molecular weight excluding hydrogens is 517 g/mol. The summed E-state index contributed by atoms with van der Waals surface area (Å²) in [4.78, 5) is 49.9. The van der Waals surface area contributed by atoms with Gasteiger partial charge in [-0.2, -0.15) is 18.4 Å². The summed E-state index contributed by atoms with van der Waals surface area (Å²) in [5.74, 6) is -9.63. The molecule has 9 nitrogen and oxygen atoms in total. The maximum absolute atomic E-state index is 13.6. The van der Waals surface area contributed by atoms with E-state index >= 15 is 0 Å². The number of rotatable bonds is 9. The molecule has 38 heavy (non-hydrogen) atoms. The smallest absolute Gasteiger partial charge is 0.350 e. The van der Waals surface area contributed by atoms with Gasteiger partial charge in [0.1, 0.15) is 18.1 Å². The molecule has 14 heteroatoms. The van der Waals surface area contributed by atoms with Crippen molar-refractivity contribution in [1.82, 2.24) is 21.3 Å². The Kier molecular flexibility index (Phi) is 8.01. The van der Waals surface area contributed by atoms with Crippen LogP contribution >= 0.6 is 0 Å². The van der Waals surface area contributed by atoms with Gasteiger partial charge in [0, 0.05) is 26.6 Å². The minimum absolute atomic E-state index is 0. The summed E-state index contributed by atoms with van der Waals surface area (Å²) in [6.45, 7) is 4.14. The second-order valence-corrected chi connectivity index (χ2v) is 11.7. The number of halogens is 5. The van der Waals surface area contributed by atoms with Crippen LogP contribution in [0.2, 0.25) is 0 Å². The average Bonchev–Trinajstić information content (AvgIpc) is 3.67. The summed E-state index contributed by atoms with van der Waals surface area (Å²) in [6.07, 6.45) is -3.35. The van der Waals surface area contributed by atoms with Crippen molar-refractivity contribution < 1.29 is 44.0 Å². The van der Waals surface area contributed by atoms with Gasteiger partial charge in [-0.25, -0.2) is 8.78 Å². The Bertz CT molecular complexity index is 1030. The molecule has 3 fully saturated rings. The normalized spacial score (nSPS) is 25.7. The maximum atomic E-state index is 13.6. The van der Waals surface area contributed by atoms with Crippen molar-refractivity contribution in [1.29, 1.82) is 5.26 Å². The van der Waals surface area contributed by atoms with Crippen LogP contribution in [0.15, 0.2) is 0 Å². The van der Waals surface area contributed by atoms with Gasteiger partial charge in [-0.05, 0) is 43.9 Å². The molecule has 0 bridgehead atoms. The summed E-state index contributed by atoms with van der Waals surface area (Å²) in [6, 6.07) is -2.67. The van der Waals surface area contributed by atoms with Gasteiger partial charge in [-0.1, -0.05) is 20.8 Å². The van der Waals surface area contributed by atoms with E-state index in [1.54, 1.807) is 5.32 Å². The highest BCUT2D eigenvalue weighted by Gasteiger charge is 2.58. The fraction of sp³-hybridized carbons (Fsp3) is 0.792. The number of amides is 4. The number of hydrogen-bond acceptors (Lipinski definition) is 5. The summed E-state index contributed by atoms with van der Waals surface area (Å²) in [5.41, 5.74) is -1.41. The number of hydrogen-bond donors (Lipinski definition) is 4. The topological polar surface area (TPSA) is 140 Å². The molecule has 1 heterocycles. The molecule has 5 atom stereocenters. The highest BCUT2D eigenvalue weighted by atomic mass is 19.4. The fourth-order valence-corrected chi connectivity index (χ4v) is 4.64. The highest BCUT2D eigenvalue weighted by Crippen LogP contribution is 2.51. The SMILES string of the molecule is CC(C)(C)[C@H](NC(=O)C(F)(F)F)C(=O)N[C@@H](CC1CC1(F)F)C(=O)N[C@H](C#N)C[C@@H]1CCC2(CC2)NC1=O.[HH].[HH]. The predicted molar refractivity (Wildman–Crippen MR) is 126 cm³/mol. The van der Waals surface area contributed by atoms with Gasteiger partial charge in [0.2, 0.25) is 17.7 Å². The molecule has 3 rings (SSSR count). The second-order valence-electron chi connectivity index (χ2n) is 11.7. The van der Waals surface area contributed by atoms with Gasteiger partial charge in [0.25, 0.3) is 5.92 Å². The van der Waals surface area contributed by atoms with Crippen LogP contribution in [0.25, 0.3) is 0 Å². The van der Waals surface area contributed by atoms with E-state index in [9.17, 15) is 46.4 Å². The number of alkyl halides is 5. The van der Waals surface area contributed by atoms with Crippen molar-refractivity contribution in [3.05, 3.63) is 0 Å². The minimum Gasteiger partial charge on any atom is -0.350 e. The van der Waals surface area contributed by atoms with Crippen LogP contribution in [-0.2, 0) is 19.2 Å². The van der Waals surface area contributed by atoms with E-state index in [0.717, 1.165) is 19.3 Å². The summed E-state index contributed by atoms with van der Waals surface area (Å²) in [5, 5.41) is 18.7. The molecule has 3 aliphatic rings. The summed E-state index contributed by atoms with van der Waals surface area (Å²) in [7, 11) is 0. The van der Waals surface area contributed by atoms with Gasteiger partial charge in [-0.15, -0.1) is 0 Å². The van der Waals surface area contributed by atoms with E-state index in [1.807, 2.05) is 6.07 Å². The van der Waals surface area contributed by atoms with Crippen molar-refractivity contribution in [3.8, 4) is 6.07 Å². The van der Waals surface area contributed by atoms with E-state index in [-0.39, 0.29) is 20.7 Å². The van der Waals surface area contributed by atoms with Gasteiger partial charge >= 0.3 is 12.1 Å². The lowest BCUT2D eigenvalue weighted by molar-refractivity contribution is -0.175. The Labute approximate surface area is 219 Å². The monoisotopic (exact) mass is 553 g/mol. The third kappa shape index (κ3) is 7.32. The number of piperidine rings is 1. The Hall–Kier alpha value is -2.98. The van der Waals surface area contributed by atoms with Crippen LogP contribution < -0.4 is 21.3 Å². The largest absolute Gasteiger partial charge is 0.471 e. The summed E-state index contributed by atoms with van der Waals surface area (Å²) >= 11 is 0. The second kappa shape index (κ2) is 10.3. The molecule has 216 valence electrons. The number of carbonyl (C=O) groups excluding carboxylic acids is 4. The molecule has 1 spiro atoms. The molecule has 4 N–H and O–H groups in total. The number of nitrogens with one attached hydrogen (secondary N) is 4. The van der Waals surface area contributed by atoms with Crippen molar-refractivity contribution in [3.63, 3.8) is 0 Å². The predicted octanol–water partition coefficient (Wildman–Crippen LogP) is 2.56. The highest BCUT2D eigenvalue weighted by molar-refractivity contribution is 5.93. The molecule has 0 aromatic rings. The Morgan fingerprint density at radius 1 is 1.08 bits per heavy atom. The zero-order valence-corrected chi connectivity index (χ0v) is 21.3. The van der Waals surface area contributed by atoms with Crippen molar-refractivity contribution in [2.24, 2.45) is 17.3 Å². The Morgan fingerprint density at radius 3 is 2.13 bits per heavy atom. The van der Waals surface area contributed by atoms with Crippen LogP contribution in [0.5, 0.6) is 0 Å². The van der Waals surface area contributed by atoms with Gasteiger partial charge < -0.3 is 21.3 Å². The van der Waals surface area contributed by atoms with Crippen LogP contribution in [-0.4, -0.2) is 59.4 Å². The van der Waals surface area contributed by atoms with Gasteiger partial charge in [0.15, 0.2) is 0 Å². The molecule has 0 aromatic heterocycles. The average molecular weight is 554 g/mol. The molecule has 4 amide bonds. The first-order chi connectivity index (χ1) is 17.4. The number of nitriles is 1. The quantitative estimate of drug-likeness (QED) is 0.325. The van der Waals surface area contributed by atoms with Crippen LogP contribution in [0.4, 0.5) is 22.0 Å². The van der Waals surface area contributed by atoms with Crippen molar-refractivity contribution in [2.45, 2.75) is 101 Å². The molecule has 0 radical (unpaired) electrons. The van der Waals surface area contributed by atoms with E-state index in [0.29, 0.717) is 6.42 Å². The first-order valence-corrected chi connectivity index (χ1v) is 12.4. The standard InChI is InChI=1S/C24H32F5N5O4.2H2/c1-21(2,3)16(33-20(38)24(27,28)29)19(37)32-15(9-13-10-23(13,25)26)18(36)31-14(11-30)8-12-4-5-22(6-7-22)34-17(12)35;;/h12-16H,4-10H2,1-3H3,(H,31,36)(H,32,37)(H,33,38)(H,34,35);2*1H/t12-,13?,14-,15-,16+;;/m0../s1. The van der Waals surface area contributed by atoms with E-state index < -0.39 is 78.0 Å². The van der Waals surface area contributed by atoms with Crippen LogP contribution in [0, 0.1) is 28.6 Å². The molecule has 0 aromatic carbocycles. The van der Waals surface area contributed by atoms with E-state index in [1.165, 1.54) is 20.8 Å². The van der Waals surface area contributed by atoms with E-state index in [4.69, 9.17) is 0 Å². The van der Waals surface area contributed by atoms with Crippen LogP contribution in [0.1, 0.15) is 68.6 Å². The third-order valence-electron chi connectivity index (χ3n) is 7.35. The minimum atomic E-state index is -5.28. The summed E-state index contributed by atoms with van der Waals surface area (Å²) < 4.78 is 65.7. The Morgan fingerprint density at radius 2 is 1.68 bits per heavy atom. The van der Waals surface area contributed by atoms with Gasteiger partial charge in [-0.3, -0.25) is 19.2 Å². The fourth-order valence-electron chi connectivity index (χ4n) is 4.64. The Balaban J connectivity index is 0.00000400. The number of nitrogens with zero attached hydrogens (tertiary/aromatic N) is 1. The zero-order chi connectivity index (χ0) is 28.7. The molecular formula is C24H36F5N5O4. The molecule has 2 aliphatic carbocycles.